The van der Waals surface area contributed by atoms with Gasteiger partial charge in [0, 0.05) is 6.20 Å². The van der Waals surface area contributed by atoms with Crippen molar-refractivity contribution in [3.8, 4) is 0 Å². The van der Waals surface area contributed by atoms with Gasteiger partial charge >= 0.3 is 5.97 Å². The van der Waals surface area contributed by atoms with Crippen molar-refractivity contribution in [2.75, 3.05) is 11.9 Å². The van der Waals surface area contributed by atoms with Gasteiger partial charge in [-0.15, -0.1) is 0 Å². The molecule has 2 heterocycles. The molecule has 1 unspecified atom stereocenters. The zero-order valence-corrected chi connectivity index (χ0v) is 12.1. The van der Waals surface area contributed by atoms with Crippen LogP contribution in [0.1, 0.15) is 18.7 Å². The SMILES string of the molecule is CCOC(=O)C1Nc2ccccc2S(=O)(=O)n2cccc21. The number of para-hydroxylation sites is 1. The lowest BCUT2D eigenvalue weighted by Gasteiger charge is -2.16. The molecule has 1 aromatic carbocycles. The normalized spacial score (nSPS) is 18.8. The van der Waals surface area contributed by atoms with Crippen molar-refractivity contribution >= 4 is 21.7 Å². The molecule has 0 saturated carbocycles. The molecular formula is C14H14N2O4S. The van der Waals surface area contributed by atoms with Crippen LogP contribution in [0.4, 0.5) is 5.69 Å². The van der Waals surface area contributed by atoms with E-state index in [1.165, 1.54) is 12.3 Å². The second kappa shape index (κ2) is 4.92. The van der Waals surface area contributed by atoms with Crippen LogP contribution in [-0.4, -0.2) is 25.0 Å². The maximum Gasteiger partial charge on any atom is 0.334 e. The van der Waals surface area contributed by atoms with Crippen LogP contribution in [0.5, 0.6) is 0 Å². The number of ether oxygens (including phenoxy) is 1. The van der Waals surface area contributed by atoms with Crippen molar-refractivity contribution in [3.63, 3.8) is 0 Å². The second-order valence-corrected chi connectivity index (χ2v) is 6.34. The van der Waals surface area contributed by atoms with Crippen molar-refractivity contribution in [2.24, 2.45) is 0 Å². The number of hydrogen-bond donors (Lipinski definition) is 1. The minimum absolute atomic E-state index is 0.134. The van der Waals surface area contributed by atoms with Gasteiger partial charge in [-0.05, 0) is 31.2 Å². The molecular weight excluding hydrogens is 292 g/mol. The highest BCUT2D eigenvalue weighted by molar-refractivity contribution is 7.90. The molecule has 0 radical (unpaired) electrons. The van der Waals surface area contributed by atoms with Gasteiger partial charge < -0.3 is 10.1 Å². The monoisotopic (exact) mass is 306 g/mol. The topological polar surface area (TPSA) is 77.4 Å². The quantitative estimate of drug-likeness (QED) is 0.855. The number of fused-ring (bicyclic) bond motifs is 2. The highest BCUT2D eigenvalue weighted by atomic mass is 32.2. The molecule has 3 rings (SSSR count). The number of nitrogens with one attached hydrogen (secondary N) is 1. The molecule has 0 amide bonds. The fourth-order valence-corrected chi connectivity index (χ4v) is 3.91. The summed E-state index contributed by atoms with van der Waals surface area (Å²) in [5.41, 5.74) is 0.726. The van der Waals surface area contributed by atoms with Crippen LogP contribution in [0, 0.1) is 0 Å². The maximum atomic E-state index is 12.7. The van der Waals surface area contributed by atoms with Gasteiger partial charge in [-0.3, -0.25) is 0 Å². The molecule has 1 N–H and O–H groups in total. The number of carbonyl (C=O) groups is 1. The van der Waals surface area contributed by atoms with Crippen molar-refractivity contribution in [1.82, 2.24) is 3.97 Å². The van der Waals surface area contributed by atoms with Gasteiger partial charge in [0.2, 0.25) is 0 Å². The molecule has 0 fully saturated rings. The first-order valence-electron chi connectivity index (χ1n) is 6.50. The standard InChI is InChI=1S/C14H14N2O4S/c1-2-20-14(17)13-11-7-5-9-16(11)21(18,19)12-8-4-3-6-10(12)15-13/h3-9,13,15H,2H2,1H3. The van der Waals surface area contributed by atoms with Crippen LogP contribution in [0.15, 0.2) is 47.5 Å². The summed E-state index contributed by atoms with van der Waals surface area (Å²) in [6.45, 7) is 1.93. The summed E-state index contributed by atoms with van der Waals surface area (Å²) in [5, 5.41) is 2.97. The third-order valence-electron chi connectivity index (χ3n) is 3.28. The van der Waals surface area contributed by atoms with E-state index in [1.807, 2.05) is 0 Å². The molecule has 2 aromatic rings. The first-order valence-corrected chi connectivity index (χ1v) is 7.94. The number of anilines is 1. The van der Waals surface area contributed by atoms with Crippen LogP contribution in [0.2, 0.25) is 0 Å². The summed E-state index contributed by atoms with van der Waals surface area (Å²) >= 11 is 0. The van der Waals surface area contributed by atoms with Gasteiger partial charge in [-0.1, -0.05) is 12.1 Å². The molecule has 110 valence electrons. The van der Waals surface area contributed by atoms with Gasteiger partial charge in [0.1, 0.15) is 4.90 Å². The lowest BCUT2D eigenvalue weighted by Crippen LogP contribution is -2.24. The molecule has 7 heteroatoms. The number of hydrogen-bond acceptors (Lipinski definition) is 5. The number of aromatic nitrogens is 1. The van der Waals surface area contributed by atoms with Crippen LogP contribution < -0.4 is 5.32 Å². The Bertz CT molecular complexity index is 795. The Morgan fingerprint density at radius 3 is 2.81 bits per heavy atom. The summed E-state index contributed by atoms with van der Waals surface area (Å²) < 4.78 is 31.5. The van der Waals surface area contributed by atoms with E-state index in [2.05, 4.69) is 5.32 Å². The number of carbonyl (C=O) groups excluding carboxylic acids is 1. The highest BCUT2D eigenvalue weighted by Gasteiger charge is 2.34. The first kappa shape index (κ1) is 13.7. The third kappa shape index (κ3) is 2.09. The summed E-state index contributed by atoms with van der Waals surface area (Å²) in [5.74, 6) is -0.510. The molecule has 6 nitrogen and oxygen atoms in total. The van der Waals surface area contributed by atoms with Crippen molar-refractivity contribution < 1.29 is 17.9 Å². The summed E-state index contributed by atoms with van der Waals surface area (Å²) in [4.78, 5) is 12.3. The smallest absolute Gasteiger partial charge is 0.334 e. The predicted molar refractivity (Wildman–Crippen MR) is 76.5 cm³/mol. The second-order valence-electron chi connectivity index (χ2n) is 4.56. The summed E-state index contributed by atoms with van der Waals surface area (Å²) in [6.07, 6.45) is 1.43. The van der Waals surface area contributed by atoms with E-state index in [0.29, 0.717) is 11.4 Å². The molecule has 0 spiro atoms. The Kier molecular flexibility index (Phi) is 3.21. The Morgan fingerprint density at radius 1 is 1.29 bits per heavy atom. The van der Waals surface area contributed by atoms with Gasteiger partial charge in [-0.25, -0.2) is 17.2 Å². The van der Waals surface area contributed by atoms with Gasteiger partial charge in [0.05, 0.1) is 18.0 Å². The van der Waals surface area contributed by atoms with E-state index < -0.39 is 22.0 Å². The minimum Gasteiger partial charge on any atom is -0.464 e. The zero-order valence-electron chi connectivity index (χ0n) is 11.3. The largest absolute Gasteiger partial charge is 0.464 e. The summed E-state index contributed by atoms with van der Waals surface area (Å²) in [6, 6.07) is 8.82. The minimum atomic E-state index is -3.73. The van der Waals surface area contributed by atoms with Crippen molar-refractivity contribution in [3.05, 3.63) is 48.3 Å². The van der Waals surface area contributed by atoms with Crippen LogP contribution in [-0.2, 0) is 19.6 Å². The van der Waals surface area contributed by atoms with E-state index in [1.54, 1.807) is 37.3 Å². The third-order valence-corrected chi connectivity index (χ3v) is 5.05. The number of rotatable bonds is 2. The van der Waals surface area contributed by atoms with Crippen molar-refractivity contribution in [2.45, 2.75) is 17.9 Å². The van der Waals surface area contributed by atoms with E-state index in [9.17, 15) is 13.2 Å². The molecule has 1 atom stereocenters. The Balaban J connectivity index is 2.23. The number of nitrogens with zero attached hydrogens (tertiary/aromatic N) is 1. The molecule has 21 heavy (non-hydrogen) atoms. The number of esters is 1. The average Bonchev–Trinajstić information content (AvgIpc) is 2.92. The zero-order chi connectivity index (χ0) is 15.0. The fourth-order valence-electron chi connectivity index (χ4n) is 2.37. The van der Waals surface area contributed by atoms with Crippen LogP contribution in [0.25, 0.3) is 0 Å². The molecule has 1 aliphatic rings. The summed E-state index contributed by atoms with van der Waals surface area (Å²) in [7, 11) is -3.73. The molecule has 1 aromatic heterocycles. The Morgan fingerprint density at radius 2 is 2.05 bits per heavy atom. The van der Waals surface area contributed by atoms with Gasteiger partial charge in [-0.2, -0.15) is 0 Å². The van der Waals surface area contributed by atoms with Gasteiger partial charge in [0.15, 0.2) is 6.04 Å². The van der Waals surface area contributed by atoms with Gasteiger partial charge in [0.25, 0.3) is 10.0 Å². The van der Waals surface area contributed by atoms with E-state index >= 15 is 0 Å². The average molecular weight is 306 g/mol. The lowest BCUT2D eigenvalue weighted by molar-refractivity contribution is -0.144. The molecule has 0 aliphatic carbocycles. The van der Waals surface area contributed by atoms with E-state index in [4.69, 9.17) is 4.74 Å². The Hall–Kier alpha value is -2.28. The maximum absolute atomic E-state index is 12.7. The van der Waals surface area contributed by atoms with Crippen LogP contribution >= 0.6 is 0 Å². The lowest BCUT2D eigenvalue weighted by atomic mass is 10.2. The van der Waals surface area contributed by atoms with E-state index in [-0.39, 0.29) is 11.5 Å². The Labute approximate surface area is 122 Å². The first-order chi connectivity index (χ1) is 10.1. The van der Waals surface area contributed by atoms with Crippen molar-refractivity contribution in [1.29, 1.82) is 0 Å². The van der Waals surface area contributed by atoms with Crippen LogP contribution in [0.3, 0.4) is 0 Å². The molecule has 0 bridgehead atoms. The van der Waals surface area contributed by atoms with E-state index in [0.717, 1.165) is 3.97 Å². The highest BCUT2D eigenvalue weighted by Crippen LogP contribution is 2.33. The number of benzene rings is 1. The predicted octanol–water partition coefficient (Wildman–Crippen LogP) is 1.75. The fraction of sp³-hybridized carbons (Fsp3) is 0.214. The molecule has 0 saturated heterocycles. The molecule has 1 aliphatic heterocycles.